The molecule has 1 aliphatic heterocycles. The first-order valence-corrected chi connectivity index (χ1v) is 17.3. The summed E-state index contributed by atoms with van der Waals surface area (Å²) in [6, 6.07) is 14.2. The maximum Gasteiger partial charge on any atom is 0.244 e. The summed E-state index contributed by atoms with van der Waals surface area (Å²) >= 11 is 0. The van der Waals surface area contributed by atoms with Crippen LogP contribution in [0.3, 0.4) is 0 Å². The van der Waals surface area contributed by atoms with Crippen LogP contribution >= 0.6 is 0 Å². The molecule has 7 rings (SSSR count). The first-order valence-electron chi connectivity index (χ1n) is 15.8. The van der Waals surface area contributed by atoms with E-state index in [-0.39, 0.29) is 46.8 Å². The van der Waals surface area contributed by atoms with Crippen LogP contribution in [-0.4, -0.2) is 45.9 Å². The molecule has 10 nitrogen and oxygen atoms in total. The molecule has 2 aliphatic carbocycles. The molecule has 0 bridgehead atoms. The maximum absolute atomic E-state index is 16.1. The number of hydrogen-bond donors (Lipinski definition) is 1. The average Bonchev–Trinajstić information content (AvgIpc) is 3.51. The number of hydrogen-bond acceptors (Lipinski definition) is 8. The predicted molar refractivity (Wildman–Crippen MR) is 171 cm³/mol. The Morgan fingerprint density at radius 2 is 1.78 bits per heavy atom. The molecule has 2 atom stereocenters. The smallest absolute Gasteiger partial charge is 0.244 e. The van der Waals surface area contributed by atoms with E-state index < -0.39 is 15.8 Å². The van der Waals surface area contributed by atoms with Crippen LogP contribution in [0.1, 0.15) is 87.1 Å². The highest BCUT2D eigenvalue weighted by atomic mass is 32.2. The number of halogens is 1. The molecule has 1 N–H and O–H groups in total. The van der Waals surface area contributed by atoms with Crippen LogP contribution in [0.2, 0.25) is 0 Å². The molecule has 2 unspecified atom stereocenters. The average molecular weight is 647 g/mol. The van der Waals surface area contributed by atoms with Crippen molar-refractivity contribution < 1.29 is 22.3 Å². The molecule has 46 heavy (non-hydrogen) atoms. The third kappa shape index (κ3) is 5.84. The molecule has 2 aromatic heterocycles. The van der Waals surface area contributed by atoms with Crippen molar-refractivity contribution in [3.63, 3.8) is 0 Å². The van der Waals surface area contributed by atoms with Crippen molar-refractivity contribution in [3.05, 3.63) is 82.9 Å². The number of rotatable bonds is 9. The lowest BCUT2D eigenvalue weighted by molar-refractivity contribution is 0.195. The van der Waals surface area contributed by atoms with Gasteiger partial charge < -0.3 is 14.8 Å². The quantitative estimate of drug-likeness (QED) is 0.216. The Balaban J connectivity index is 1.10. The highest BCUT2D eigenvalue weighted by Gasteiger charge is 2.38. The number of fused-ring (bicyclic) bond motifs is 1. The largest absolute Gasteiger partial charge is 0.497 e. The molecule has 0 amide bonds. The van der Waals surface area contributed by atoms with E-state index in [4.69, 9.17) is 14.6 Å². The van der Waals surface area contributed by atoms with Gasteiger partial charge in [0.25, 0.3) is 0 Å². The van der Waals surface area contributed by atoms with E-state index in [1.165, 1.54) is 16.4 Å². The molecule has 0 saturated heterocycles. The fourth-order valence-electron chi connectivity index (χ4n) is 6.50. The Hall–Kier alpha value is -4.03. The zero-order valence-electron chi connectivity index (χ0n) is 26.5. The molecule has 2 saturated carbocycles. The van der Waals surface area contributed by atoms with Gasteiger partial charge in [-0.25, -0.2) is 17.5 Å². The summed E-state index contributed by atoms with van der Waals surface area (Å²) < 4.78 is 57.5. The lowest BCUT2D eigenvalue weighted by atomic mass is 10.0. The summed E-state index contributed by atoms with van der Waals surface area (Å²) in [7, 11) is -2.27. The lowest BCUT2D eigenvalue weighted by Gasteiger charge is -2.23. The Kier molecular flexibility index (Phi) is 7.75. The van der Waals surface area contributed by atoms with Gasteiger partial charge in [0.15, 0.2) is 5.82 Å². The molecule has 0 spiro atoms. The first kappa shape index (κ1) is 30.6. The zero-order chi connectivity index (χ0) is 32.2. The topological polar surface area (TPSA) is 111 Å². The Bertz CT molecular complexity index is 1870. The van der Waals surface area contributed by atoms with Crippen molar-refractivity contribution >= 4 is 21.5 Å². The Morgan fingerprint density at radius 3 is 2.50 bits per heavy atom. The summed E-state index contributed by atoms with van der Waals surface area (Å²) in [5, 5.41) is 16.6. The van der Waals surface area contributed by atoms with Crippen LogP contribution in [0, 0.1) is 5.82 Å². The van der Waals surface area contributed by atoms with Crippen molar-refractivity contribution in [2.24, 2.45) is 0 Å². The van der Waals surface area contributed by atoms with E-state index in [1.807, 2.05) is 49.7 Å². The summed E-state index contributed by atoms with van der Waals surface area (Å²) in [6.45, 7) is 6.23. The minimum Gasteiger partial charge on any atom is -0.497 e. The monoisotopic (exact) mass is 646 g/mol. The molecule has 12 heteroatoms. The molecular weight excluding hydrogens is 607 g/mol. The van der Waals surface area contributed by atoms with Gasteiger partial charge in [0.05, 0.1) is 35.1 Å². The van der Waals surface area contributed by atoms with Crippen LogP contribution in [0.5, 0.6) is 11.6 Å². The highest BCUT2D eigenvalue weighted by Crippen LogP contribution is 2.45. The summed E-state index contributed by atoms with van der Waals surface area (Å²) in [4.78, 5) is -0.000902. The van der Waals surface area contributed by atoms with Gasteiger partial charge in [-0.3, -0.25) is 0 Å². The van der Waals surface area contributed by atoms with Gasteiger partial charge in [-0.15, -0.1) is 5.10 Å². The van der Waals surface area contributed by atoms with Crippen LogP contribution in [0.15, 0.2) is 59.6 Å². The molecule has 242 valence electrons. The van der Waals surface area contributed by atoms with Crippen molar-refractivity contribution in [1.29, 1.82) is 0 Å². The number of nitrogens with one attached hydrogen (secondary N) is 1. The first-order chi connectivity index (χ1) is 22.0. The number of sulfonamides is 1. The molecule has 0 radical (unpaired) electrons. The molecule has 2 fully saturated rings. The normalized spacial score (nSPS) is 20.9. The summed E-state index contributed by atoms with van der Waals surface area (Å²) in [6.07, 6.45) is 6.68. The molecule has 3 aliphatic rings. The van der Waals surface area contributed by atoms with Gasteiger partial charge in [0, 0.05) is 36.2 Å². The van der Waals surface area contributed by atoms with Gasteiger partial charge in [0.2, 0.25) is 15.9 Å². The number of benzene rings is 2. The maximum atomic E-state index is 16.1. The third-order valence-electron chi connectivity index (χ3n) is 9.11. The van der Waals surface area contributed by atoms with E-state index >= 15 is 4.39 Å². The number of methoxy groups -OCH3 is 1. The zero-order valence-corrected chi connectivity index (χ0v) is 27.3. The van der Waals surface area contributed by atoms with Crippen LogP contribution in [0.4, 0.5) is 15.9 Å². The van der Waals surface area contributed by atoms with Crippen LogP contribution in [-0.2, 0) is 28.7 Å². The fourth-order valence-corrected chi connectivity index (χ4v) is 8.10. The third-order valence-corrected chi connectivity index (χ3v) is 11.0. The van der Waals surface area contributed by atoms with Gasteiger partial charge in [0.1, 0.15) is 17.7 Å². The lowest BCUT2D eigenvalue weighted by Crippen LogP contribution is -2.25. The number of ether oxygens (including phenoxy) is 2. The van der Waals surface area contributed by atoms with Crippen LogP contribution < -0.4 is 14.8 Å². The van der Waals surface area contributed by atoms with Crippen molar-refractivity contribution in [3.8, 4) is 11.6 Å². The molecule has 2 aromatic carbocycles. The Labute approximate surface area is 269 Å². The number of nitrogens with zero attached hydrogens (tertiary/aromatic N) is 5. The van der Waals surface area contributed by atoms with Crippen molar-refractivity contribution in [1.82, 2.24) is 24.3 Å². The summed E-state index contributed by atoms with van der Waals surface area (Å²) in [5.41, 5.74) is 2.83. The highest BCUT2D eigenvalue weighted by molar-refractivity contribution is 7.89. The van der Waals surface area contributed by atoms with Gasteiger partial charge in [-0.2, -0.15) is 14.5 Å². The fraction of sp³-hybridized carbons (Fsp3) is 0.441. The van der Waals surface area contributed by atoms with E-state index in [1.54, 1.807) is 25.4 Å². The van der Waals surface area contributed by atoms with E-state index in [0.717, 1.165) is 48.9 Å². The van der Waals surface area contributed by atoms with Gasteiger partial charge >= 0.3 is 0 Å². The molecule has 3 heterocycles. The van der Waals surface area contributed by atoms with Crippen molar-refractivity contribution in [2.45, 2.75) is 94.3 Å². The minimum absolute atomic E-state index is 0.000902. The minimum atomic E-state index is -3.85. The second kappa shape index (κ2) is 11.6. The van der Waals surface area contributed by atoms with Gasteiger partial charge in [-0.05, 0) is 94.7 Å². The predicted octanol–water partition coefficient (Wildman–Crippen LogP) is 6.62. The van der Waals surface area contributed by atoms with Crippen molar-refractivity contribution in [2.75, 3.05) is 12.4 Å². The molecular formula is C34H39FN6O4S. The summed E-state index contributed by atoms with van der Waals surface area (Å²) in [5.74, 6) is 2.10. The SMILES string of the molecule is COc1ccc(CN2Cc3c(ccc(Nc4cc(C5CCC(Oc6nnccc6C6CC6)C5)nn4C(C)(C)C)c3F)S2(=O)=O)cc1. The van der Waals surface area contributed by atoms with Crippen LogP contribution in [0.25, 0.3) is 0 Å². The second-order valence-corrected chi connectivity index (χ2v) is 15.4. The standard InChI is InChI=1S/C34H39FN6O4S/c1-34(2,3)41-31(18-29(39-41)23-9-12-25(17-23)45-33-26(22-7-8-22)15-16-36-38-33)37-28-13-14-30-27(32(28)35)20-40(46(30,42)43)19-21-5-10-24(44-4)11-6-21/h5-6,10-11,13-16,18,22-23,25,37H,7-9,12,17,19-20H2,1-4H3. The molecule has 4 aromatic rings. The van der Waals surface area contributed by atoms with E-state index in [9.17, 15) is 8.42 Å². The van der Waals surface area contributed by atoms with E-state index in [2.05, 4.69) is 15.5 Å². The second-order valence-electron chi connectivity index (χ2n) is 13.5. The number of aromatic nitrogens is 4. The van der Waals surface area contributed by atoms with Gasteiger partial charge in [-0.1, -0.05) is 12.1 Å². The number of anilines is 2. The Morgan fingerprint density at radius 1 is 1.02 bits per heavy atom. The van der Waals surface area contributed by atoms with E-state index in [0.29, 0.717) is 23.4 Å².